The van der Waals surface area contributed by atoms with Crippen LogP contribution in [0.25, 0.3) is 0 Å². The Hall–Kier alpha value is -0.650. The highest BCUT2D eigenvalue weighted by atomic mass is 79.9. The van der Waals surface area contributed by atoms with Crippen molar-refractivity contribution in [2.75, 3.05) is 13.2 Å². The number of ether oxygens (including phenoxy) is 2. The van der Waals surface area contributed by atoms with Crippen LogP contribution in [0.2, 0.25) is 0 Å². The molecule has 1 fully saturated rings. The molecule has 2 rings (SSSR count). The summed E-state index contributed by atoms with van der Waals surface area (Å²) in [6.45, 7) is 1.44. The summed E-state index contributed by atoms with van der Waals surface area (Å²) in [4.78, 5) is 0.377. The van der Waals surface area contributed by atoms with Crippen molar-refractivity contribution < 1.29 is 9.47 Å². The van der Waals surface area contributed by atoms with Crippen molar-refractivity contribution in [3.63, 3.8) is 0 Å². The molecule has 1 atom stereocenters. The molecular weight excluding hydrogens is 302 g/mol. The Balaban J connectivity index is 1.97. The topological polar surface area (TPSA) is 44.5 Å². The van der Waals surface area contributed by atoms with Gasteiger partial charge in [0.15, 0.2) is 0 Å². The van der Waals surface area contributed by atoms with Crippen molar-refractivity contribution in [2.45, 2.75) is 18.9 Å². The van der Waals surface area contributed by atoms with Crippen LogP contribution in [0.3, 0.4) is 0 Å². The summed E-state index contributed by atoms with van der Waals surface area (Å²) in [6, 6.07) is 5.61. The Labute approximate surface area is 114 Å². The largest absolute Gasteiger partial charge is 0.491 e. The number of nitrogens with two attached hydrogens (primary N) is 1. The van der Waals surface area contributed by atoms with E-state index in [4.69, 9.17) is 27.4 Å². The summed E-state index contributed by atoms with van der Waals surface area (Å²) in [5, 5.41) is 0. The normalized spacial score (nSPS) is 19.2. The number of rotatable bonds is 4. The molecule has 92 valence electrons. The summed E-state index contributed by atoms with van der Waals surface area (Å²) in [7, 11) is 0. The molecule has 3 nitrogen and oxygen atoms in total. The lowest BCUT2D eigenvalue weighted by Crippen LogP contribution is -2.16. The lowest BCUT2D eigenvalue weighted by Gasteiger charge is -2.12. The quantitative estimate of drug-likeness (QED) is 0.868. The first-order chi connectivity index (χ1) is 8.16. The maximum absolute atomic E-state index is 5.67. The van der Waals surface area contributed by atoms with E-state index in [2.05, 4.69) is 15.9 Å². The second-order valence-corrected chi connectivity index (χ2v) is 5.25. The van der Waals surface area contributed by atoms with Crippen LogP contribution in [0.5, 0.6) is 5.75 Å². The molecule has 1 aliphatic heterocycles. The Bertz CT molecular complexity index is 419. The van der Waals surface area contributed by atoms with Crippen LogP contribution >= 0.6 is 28.1 Å². The zero-order chi connectivity index (χ0) is 12.3. The Kier molecular flexibility index (Phi) is 4.36. The van der Waals surface area contributed by atoms with Gasteiger partial charge in [-0.05, 0) is 47.0 Å². The average molecular weight is 316 g/mol. The molecule has 1 aromatic rings. The van der Waals surface area contributed by atoms with E-state index in [-0.39, 0.29) is 6.10 Å². The number of benzene rings is 1. The molecule has 0 radical (unpaired) electrons. The second-order valence-electron chi connectivity index (χ2n) is 3.95. The molecule has 0 saturated carbocycles. The molecule has 5 heteroatoms. The summed E-state index contributed by atoms with van der Waals surface area (Å²) in [5.74, 6) is 0.798. The van der Waals surface area contributed by atoms with Gasteiger partial charge < -0.3 is 15.2 Å². The summed E-state index contributed by atoms with van der Waals surface area (Å²) in [5.41, 5.74) is 6.40. The third kappa shape index (κ3) is 3.40. The maximum Gasteiger partial charge on any atom is 0.120 e. The van der Waals surface area contributed by atoms with Gasteiger partial charge in [-0.15, -0.1) is 0 Å². The summed E-state index contributed by atoms with van der Waals surface area (Å²) >= 11 is 8.35. The molecule has 0 amide bonds. The fourth-order valence-corrected chi connectivity index (χ4v) is 2.63. The average Bonchev–Trinajstić information content (AvgIpc) is 2.78. The van der Waals surface area contributed by atoms with Crippen molar-refractivity contribution in [3.8, 4) is 5.75 Å². The van der Waals surface area contributed by atoms with E-state index in [0.29, 0.717) is 11.6 Å². The van der Waals surface area contributed by atoms with Crippen molar-refractivity contribution >= 4 is 33.1 Å². The molecule has 0 bridgehead atoms. The van der Waals surface area contributed by atoms with E-state index in [1.54, 1.807) is 0 Å². The van der Waals surface area contributed by atoms with Crippen molar-refractivity contribution in [3.05, 3.63) is 28.2 Å². The minimum Gasteiger partial charge on any atom is -0.491 e. The zero-order valence-corrected chi connectivity index (χ0v) is 11.7. The molecule has 1 saturated heterocycles. The van der Waals surface area contributed by atoms with Crippen LogP contribution in [0, 0.1) is 0 Å². The Morgan fingerprint density at radius 1 is 1.59 bits per heavy atom. The van der Waals surface area contributed by atoms with Gasteiger partial charge in [-0.3, -0.25) is 0 Å². The van der Waals surface area contributed by atoms with E-state index >= 15 is 0 Å². The van der Waals surface area contributed by atoms with Crippen LogP contribution in [0.1, 0.15) is 18.4 Å². The summed E-state index contributed by atoms with van der Waals surface area (Å²) < 4.78 is 12.0. The van der Waals surface area contributed by atoms with Gasteiger partial charge >= 0.3 is 0 Å². The van der Waals surface area contributed by atoms with Gasteiger partial charge in [0.1, 0.15) is 17.3 Å². The molecule has 0 spiro atoms. The molecule has 2 N–H and O–H groups in total. The number of hydrogen-bond donors (Lipinski definition) is 1. The highest BCUT2D eigenvalue weighted by Gasteiger charge is 2.16. The first kappa shape index (κ1) is 12.8. The zero-order valence-electron chi connectivity index (χ0n) is 9.32. The van der Waals surface area contributed by atoms with Gasteiger partial charge in [-0.1, -0.05) is 12.2 Å². The predicted molar refractivity (Wildman–Crippen MR) is 74.5 cm³/mol. The minimum atomic E-state index is 0.226. The third-order valence-corrected chi connectivity index (χ3v) is 3.54. The molecule has 0 aliphatic carbocycles. The van der Waals surface area contributed by atoms with Crippen molar-refractivity contribution in [2.24, 2.45) is 5.73 Å². The van der Waals surface area contributed by atoms with E-state index in [9.17, 15) is 0 Å². The van der Waals surface area contributed by atoms with Crippen molar-refractivity contribution in [1.82, 2.24) is 0 Å². The molecular formula is C12H14BrNO2S. The van der Waals surface area contributed by atoms with E-state index in [0.717, 1.165) is 35.2 Å². The highest BCUT2D eigenvalue weighted by molar-refractivity contribution is 9.10. The first-order valence-corrected chi connectivity index (χ1v) is 6.70. The van der Waals surface area contributed by atoms with Crippen molar-refractivity contribution in [1.29, 1.82) is 0 Å². The van der Waals surface area contributed by atoms with Crippen LogP contribution in [-0.2, 0) is 4.74 Å². The van der Waals surface area contributed by atoms with Gasteiger partial charge in [-0.25, -0.2) is 0 Å². The standard InChI is InChI=1S/C12H14BrNO2S/c13-11-6-8(3-4-10(11)12(14)17)16-7-9-2-1-5-15-9/h3-4,6,9H,1-2,5,7H2,(H2,14,17). The van der Waals surface area contributed by atoms with E-state index < -0.39 is 0 Å². The monoisotopic (exact) mass is 315 g/mol. The minimum absolute atomic E-state index is 0.226. The van der Waals surface area contributed by atoms with Gasteiger partial charge in [0.2, 0.25) is 0 Å². The van der Waals surface area contributed by atoms with Crippen LogP contribution < -0.4 is 10.5 Å². The fourth-order valence-electron chi connectivity index (χ4n) is 1.75. The second kappa shape index (κ2) is 5.80. The van der Waals surface area contributed by atoms with Gasteiger partial charge in [0, 0.05) is 16.6 Å². The van der Waals surface area contributed by atoms with Crippen LogP contribution in [-0.4, -0.2) is 24.3 Å². The Morgan fingerprint density at radius 2 is 2.41 bits per heavy atom. The van der Waals surface area contributed by atoms with Crippen LogP contribution in [0.4, 0.5) is 0 Å². The van der Waals surface area contributed by atoms with E-state index in [1.165, 1.54) is 0 Å². The maximum atomic E-state index is 5.67. The fraction of sp³-hybridized carbons (Fsp3) is 0.417. The number of thiocarbonyl (C=S) groups is 1. The van der Waals surface area contributed by atoms with Gasteiger partial charge in [-0.2, -0.15) is 0 Å². The number of hydrogen-bond acceptors (Lipinski definition) is 3. The molecule has 0 aromatic heterocycles. The lowest BCUT2D eigenvalue weighted by molar-refractivity contribution is 0.0679. The molecule has 1 unspecified atom stereocenters. The lowest BCUT2D eigenvalue weighted by atomic mass is 10.2. The molecule has 1 heterocycles. The SMILES string of the molecule is NC(=S)c1ccc(OCC2CCCO2)cc1Br. The summed E-state index contributed by atoms with van der Waals surface area (Å²) in [6.07, 6.45) is 2.42. The molecule has 1 aromatic carbocycles. The molecule has 17 heavy (non-hydrogen) atoms. The number of halogens is 1. The third-order valence-electron chi connectivity index (χ3n) is 2.67. The smallest absolute Gasteiger partial charge is 0.120 e. The van der Waals surface area contributed by atoms with E-state index in [1.807, 2.05) is 18.2 Å². The molecule has 1 aliphatic rings. The van der Waals surface area contributed by atoms with Crippen LogP contribution in [0.15, 0.2) is 22.7 Å². The van der Waals surface area contributed by atoms with Gasteiger partial charge in [0.05, 0.1) is 6.10 Å². The Morgan fingerprint density at radius 3 is 3.00 bits per heavy atom. The highest BCUT2D eigenvalue weighted by Crippen LogP contribution is 2.24. The van der Waals surface area contributed by atoms with Gasteiger partial charge in [0.25, 0.3) is 0 Å². The first-order valence-electron chi connectivity index (χ1n) is 5.50. The predicted octanol–water partition coefficient (Wildman–Crippen LogP) is 2.64.